The minimum Gasteiger partial charge on any atom is -0.434 e. The van der Waals surface area contributed by atoms with Crippen molar-refractivity contribution in [1.82, 2.24) is 0 Å². The summed E-state index contributed by atoms with van der Waals surface area (Å²) in [6.07, 6.45) is 0.794. The van der Waals surface area contributed by atoms with Gasteiger partial charge in [0.15, 0.2) is 0 Å². The summed E-state index contributed by atoms with van der Waals surface area (Å²) >= 11 is 4.52. The summed E-state index contributed by atoms with van der Waals surface area (Å²) in [5, 5.41) is 0. The molecule has 2 aromatic carbocycles. The largest absolute Gasteiger partial charge is 0.508 e. The molecule has 0 saturated carbocycles. The number of carbonyl (C=O) groups is 1. The number of carbonyl (C=O) groups excluding carboxylic acids is 1. The maximum atomic E-state index is 11.5. The first-order valence-corrected chi connectivity index (χ1v) is 9.08. The Bertz CT molecular complexity index is 541. The van der Waals surface area contributed by atoms with Crippen molar-refractivity contribution in [3.8, 4) is 0 Å². The molecule has 0 aromatic heterocycles. The van der Waals surface area contributed by atoms with Gasteiger partial charge in [0.05, 0.1) is 13.2 Å². The summed E-state index contributed by atoms with van der Waals surface area (Å²) in [7, 11) is 0. The summed E-state index contributed by atoms with van der Waals surface area (Å²) in [6.45, 7) is 0.673. The second-order valence-electron chi connectivity index (χ2n) is 4.70. The molecule has 0 unspecified atom stereocenters. The molecular formula is C17H16I2O3. The Morgan fingerprint density at radius 1 is 0.727 bits per heavy atom. The van der Waals surface area contributed by atoms with Gasteiger partial charge < -0.3 is 9.47 Å². The molecule has 0 N–H and O–H groups in total. The van der Waals surface area contributed by atoms with Gasteiger partial charge in [-0.05, 0) is 80.6 Å². The highest BCUT2D eigenvalue weighted by molar-refractivity contribution is 14.1. The lowest BCUT2D eigenvalue weighted by Gasteiger charge is -2.07. The maximum Gasteiger partial charge on any atom is 0.508 e. The first-order valence-electron chi connectivity index (χ1n) is 6.92. The van der Waals surface area contributed by atoms with Gasteiger partial charge in [-0.25, -0.2) is 4.79 Å². The number of hydrogen-bond donors (Lipinski definition) is 0. The molecule has 0 atom stereocenters. The van der Waals surface area contributed by atoms with E-state index in [1.807, 2.05) is 48.5 Å². The van der Waals surface area contributed by atoms with Gasteiger partial charge in [-0.2, -0.15) is 0 Å². The number of halogens is 2. The fourth-order valence-corrected chi connectivity index (χ4v) is 2.57. The summed E-state index contributed by atoms with van der Waals surface area (Å²) in [5.74, 6) is 0. The topological polar surface area (TPSA) is 35.5 Å². The quantitative estimate of drug-likeness (QED) is 0.403. The third-order valence-electron chi connectivity index (χ3n) is 3.05. The Labute approximate surface area is 157 Å². The summed E-state index contributed by atoms with van der Waals surface area (Å²) < 4.78 is 12.5. The second kappa shape index (κ2) is 9.34. The molecular weight excluding hydrogens is 506 g/mol. The Balaban J connectivity index is 1.61. The molecule has 116 valence electrons. The van der Waals surface area contributed by atoms with E-state index in [-0.39, 0.29) is 0 Å². The van der Waals surface area contributed by atoms with Gasteiger partial charge in [0.1, 0.15) is 0 Å². The Kier molecular flexibility index (Phi) is 7.44. The Hall–Kier alpha value is -0.830. The van der Waals surface area contributed by atoms with Crippen molar-refractivity contribution < 1.29 is 14.3 Å². The minimum atomic E-state index is -0.601. The van der Waals surface area contributed by atoms with Crippen LogP contribution in [-0.4, -0.2) is 19.4 Å². The molecule has 0 aliphatic rings. The van der Waals surface area contributed by atoms with Crippen molar-refractivity contribution in [2.24, 2.45) is 0 Å². The third kappa shape index (κ3) is 6.51. The lowest BCUT2D eigenvalue weighted by Crippen LogP contribution is -2.11. The number of benzene rings is 2. The maximum absolute atomic E-state index is 11.5. The molecule has 0 aliphatic carbocycles. The molecule has 3 nitrogen and oxygen atoms in total. The predicted octanol–water partition coefficient (Wildman–Crippen LogP) is 4.83. The van der Waals surface area contributed by atoms with E-state index in [1.54, 1.807) is 0 Å². The number of hydrogen-bond acceptors (Lipinski definition) is 3. The van der Waals surface area contributed by atoms with Gasteiger partial charge in [0.25, 0.3) is 0 Å². The van der Waals surface area contributed by atoms with Gasteiger partial charge >= 0.3 is 6.16 Å². The number of ether oxygens (including phenoxy) is 2. The predicted molar refractivity (Wildman–Crippen MR) is 103 cm³/mol. The van der Waals surface area contributed by atoms with E-state index in [9.17, 15) is 4.79 Å². The molecule has 0 radical (unpaired) electrons. The molecule has 0 fully saturated rings. The van der Waals surface area contributed by atoms with E-state index in [2.05, 4.69) is 45.2 Å². The van der Waals surface area contributed by atoms with Crippen LogP contribution in [0.4, 0.5) is 4.79 Å². The van der Waals surface area contributed by atoms with Crippen molar-refractivity contribution >= 4 is 51.3 Å². The molecule has 0 spiro atoms. The van der Waals surface area contributed by atoms with Crippen molar-refractivity contribution in [3.05, 3.63) is 66.8 Å². The molecule has 2 aromatic rings. The molecule has 22 heavy (non-hydrogen) atoms. The first kappa shape index (κ1) is 17.5. The van der Waals surface area contributed by atoms with Crippen molar-refractivity contribution in [3.63, 3.8) is 0 Å². The van der Waals surface area contributed by atoms with E-state index < -0.39 is 6.16 Å². The summed E-state index contributed by atoms with van der Waals surface area (Å²) in [6, 6.07) is 16.3. The van der Waals surface area contributed by atoms with E-state index in [1.165, 1.54) is 7.14 Å². The van der Waals surface area contributed by atoms with Crippen molar-refractivity contribution in [1.29, 1.82) is 0 Å². The molecule has 5 heteroatoms. The van der Waals surface area contributed by atoms with Crippen molar-refractivity contribution in [2.45, 2.75) is 12.8 Å². The smallest absolute Gasteiger partial charge is 0.434 e. The van der Waals surface area contributed by atoms with Crippen LogP contribution in [0.2, 0.25) is 0 Å². The minimum absolute atomic E-state index is 0.336. The van der Waals surface area contributed by atoms with Crippen LogP contribution in [0.3, 0.4) is 0 Å². The van der Waals surface area contributed by atoms with E-state index in [0.717, 1.165) is 11.1 Å². The molecule has 0 amide bonds. The molecule has 2 rings (SSSR count). The molecule has 0 aliphatic heterocycles. The van der Waals surface area contributed by atoms with Gasteiger partial charge in [-0.15, -0.1) is 0 Å². The van der Waals surface area contributed by atoms with Gasteiger partial charge in [-0.1, -0.05) is 24.3 Å². The first-order chi connectivity index (χ1) is 10.6. The lowest BCUT2D eigenvalue weighted by atomic mass is 10.2. The zero-order valence-corrected chi connectivity index (χ0v) is 16.2. The SMILES string of the molecule is O=C(OCCc1ccc(I)cc1)OCCc1ccc(I)cc1. The van der Waals surface area contributed by atoms with Crippen LogP contribution in [-0.2, 0) is 22.3 Å². The lowest BCUT2D eigenvalue weighted by molar-refractivity contribution is 0.0569. The standard InChI is InChI=1S/C17H16I2O3/c18-15-5-1-13(2-6-15)9-11-21-17(20)22-12-10-14-3-7-16(19)8-4-14/h1-8H,9-12H2. The number of rotatable bonds is 6. The van der Waals surface area contributed by atoms with Gasteiger partial charge in [0, 0.05) is 20.0 Å². The molecule has 0 bridgehead atoms. The van der Waals surface area contributed by atoms with E-state index in [4.69, 9.17) is 9.47 Å². The van der Waals surface area contributed by atoms with Crippen LogP contribution in [0.25, 0.3) is 0 Å². The van der Waals surface area contributed by atoms with Crippen LogP contribution in [0, 0.1) is 7.14 Å². The average molecular weight is 522 g/mol. The molecule has 0 saturated heterocycles. The van der Waals surface area contributed by atoms with Gasteiger partial charge in [-0.3, -0.25) is 0 Å². The third-order valence-corrected chi connectivity index (χ3v) is 4.49. The zero-order chi connectivity index (χ0) is 15.8. The highest BCUT2D eigenvalue weighted by atomic mass is 127. The van der Waals surface area contributed by atoms with Crippen LogP contribution < -0.4 is 0 Å². The van der Waals surface area contributed by atoms with Crippen LogP contribution in [0.1, 0.15) is 11.1 Å². The van der Waals surface area contributed by atoms with Crippen LogP contribution >= 0.6 is 45.2 Å². The Morgan fingerprint density at radius 3 is 1.45 bits per heavy atom. The zero-order valence-electron chi connectivity index (χ0n) is 11.9. The molecule has 0 heterocycles. The van der Waals surface area contributed by atoms with E-state index >= 15 is 0 Å². The van der Waals surface area contributed by atoms with Crippen LogP contribution in [0.15, 0.2) is 48.5 Å². The van der Waals surface area contributed by atoms with Crippen molar-refractivity contribution in [2.75, 3.05) is 13.2 Å². The fourth-order valence-electron chi connectivity index (χ4n) is 1.85. The summed E-state index contributed by atoms with van der Waals surface area (Å²) in [4.78, 5) is 11.5. The Morgan fingerprint density at radius 2 is 1.09 bits per heavy atom. The monoisotopic (exact) mass is 522 g/mol. The fraction of sp³-hybridized carbons (Fsp3) is 0.235. The highest BCUT2D eigenvalue weighted by Crippen LogP contribution is 2.08. The van der Waals surface area contributed by atoms with Crippen LogP contribution in [0.5, 0.6) is 0 Å². The normalized spacial score (nSPS) is 10.3. The second-order valence-corrected chi connectivity index (χ2v) is 7.19. The van der Waals surface area contributed by atoms with Gasteiger partial charge in [0.2, 0.25) is 0 Å². The van der Waals surface area contributed by atoms with E-state index in [0.29, 0.717) is 26.1 Å². The summed E-state index contributed by atoms with van der Waals surface area (Å²) in [5.41, 5.74) is 2.29. The highest BCUT2D eigenvalue weighted by Gasteiger charge is 2.04. The average Bonchev–Trinajstić information content (AvgIpc) is 2.51.